The number of rotatable bonds is 5. The first-order valence-electron chi connectivity index (χ1n) is 5.82. The number of ether oxygens (including phenoxy) is 2. The number of carboxylic acid groups (broad SMARTS) is 1. The zero-order valence-corrected chi connectivity index (χ0v) is 11.8. The molecule has 1 rings (SSSR count). The third kappa shape index (κ3) is 3.30. The molecule has 2 N–H and O–H groups in total. The lowest BCUT2D eigenvalue weighted by molar-refractivity contribution is -0.116. The smallest absolute Gasteiger partial charge is 0.340 e. The van der Waals surface area contributed by atoms with Crippen LogP contribution in [0.25, 0.3) is 6.08 Å². The Hall–Kier alpha value is -3.01. The number of likely N-dealkylation sites (N-methyl/N-ethyl adjacent to an activating group) is 1. The van der Waals surface area contributed by atoms with E-state index in [1.54, 1.807) is 6.07 Å². The number of carboxylic acids is 1. The molecule has 0 aliphatic heterocycles. The van der Waals surface area contributed by atoms with Crippen LogP contribution in [0, 0.1) is 11.3 Å². The summed E-state index contributed by atoms with van der Waals surface area (Å²) in [6, 6.07) is 4.65. The minimum absolute atomic E-state index is 0.0212. The quantitative estimate of drug-likeness (QED) is 0.620. The van der Waals surface area contributed by atoms with Gasteiger partial charge in [-0.2, -0.15) is 5.26 Å². The molecule has 0 saturated carbocycles. The number of nitrogens with zero attached hydrogens (tertiary/aromatic N) is 1. The highest BCUT2D eigenvalue weighted by molar-refractivity contribution is 6.04. The Morgan fingerprint density at radius 1 is 1.33 bits per heavy atom. The van der Waals surface area contributed by atoms with E-state index in [1.165, 1.54) is 39.5 Å². The minimum atomic E-state index is -1.26. The molecule has 1 amide bonds. The predicted molar refractivity (Wildman–Crippen MR) is 74.2 cm³/mol. The molecule has 7 nitrogen and oxygen atoms in total. The van der Waals surface area contributed by atoms with Gasteiger partial charge in [-0.15, -0.1) is 0 Å². The monoisotopic (exact) mass is 290 g/mol. The molecule has 7 heteroatoms. The van der Waals surface area contributed by atoms with Crippen LogP contribution in [0.15, 0.2) is 17.7 Å². The lowest BCUT2D eigenvalue weighted by Gasteiger charge is -2.12. The summed E-state index contributed by atoms with van der Waals surface area (Å²) in [5.74, 6) is -1.60. The van der Waals surface area contributed by atoms with E-state index in [-0.39, 0.29) is 28.2 Å². The van der Waals surface area contributed by atoms with Gasteiger partial charge >= 0.3 is 5.97 Å². The zero-order valence-electron chi connectivity index (χ0n) is 11.8. The lowest BCUT2D eigenvalue weighted by atomic mass is 10.0. The van der Waals surface area contributed by atoms with E-state index in [1.807, 2.05) is 0 Å². The van der Waals surface area contributed by atoms with Crippen molar-refractivity contribution >= 4 is 18.0 Å². The molecule has 0 aliphatic rings. The molecular formula is C14H14N2O5. The summed E-state index contributed by atoms with van der Waals surface area (Å²) >= 11 is 0. The van der Waals surface area contributed by atoms with Crippen molar-refractivity contribution in [2.24, 2.45) is 0 Å². The summed E-state index contributed by atoms with van der Waals surface area (Å²) in [7, 11) is 4.06. The van der Waals surface area contributed by atoms with E-state index >= 15 is 0 Å². The number of benzene rings is 1. The SMILES string of the molecule is CNC(=O)/C(C#N)=C\c1ccc(OC)c(OC)c1C(=O)O. The largest absolute Gasteiger partial charge is 0.493 e. The zero-order chi connectivity index (χ0) is 16.0. The van der Waals surface area contributed by atoms with Crippen LogP contribution in [0.4, 0.5) is 0 Å². The Morgan fingerprint density at radius 3 is 2.43 bits per heavy atom. The maximum absolute atomic E-state index is 11.5. The first-order chi connectivity index (χ1) is 9.99. The van der Waals surface area contributed by atoms with Crippen LogP contribution in [-0.2, 0) is 4.79 Å². The van der Waals surface area contributed by atoms with Gasteiger partial charge < -0.3 is 19.9 Å². The Balaban J connectivity index is 3.58. The molecule has 0 bridgehead atoms. The van der Waals surface area contributed by atoms with Gasteiger partial charge in [0.25, 0.3) is 5.91 Å². The van der Waals surface area contributed by atoms with Gasteiger partial charge in [-0.25, -0.2) is 4.79 Å². The second-order valence-corrected chi connectivity index (χ2v) is 3.82. The summed E-state index contributed by atoms with van der Waals surface area (Å²) in [6.45, 7) is 0. The van der Waals surface area contributed by atoms with Crippen molar-refractivity contribution in [2.45, 2.75) is 0 Å². The number of carbonyl (C=O) groups excluding carboxylic acids is 1. The van der Waals surface area contributed by atoms with Crippen molar-refractivity contribution in [3.05, 3.63) is 28.8 Å². The molecule has 0 fully saturated rings. The van der Waals surface area contributed by atoms with Crippen LogP contribution < -0.4 is 14.8 Å². The van der Waals surface area contributed by atoms with Crippen LogP contribution in [0.2, 0.25) is 0 Å². The fraction of sp³-hybridized carbons (Fsp3) is 0.214. The fourth-order valence-electron chi connectivity index (χ4n) is 1.72. The van der Waals surface area contributed by atoms with Gasteiger partial charge in [0.15, 0.2) is 11.5 Å². The summed E-state index contributed by atoms with van der Waals surface area (Å²) in [6.07, 6.45) is 1.18. The Morgan fingerprint density at radius 2 is 2.00 bits per heavy atom. The van der Waals surface area contributed by atoms with Gasteiger partial charge in [-0.05, 0) is 17.7 Å². The summed E-state index contributed by atoms with van der Waals surface area (Å²) in [4.78, 5) is 22.9. The average molecular weight is 290 g/mol. The third-order valence-electron chi connectivity index (χ3n) is 2.68. The summed E-state index contributed by atoms with van der Waals surface area (Å²) < 4.78 is 10.1. The average Bonchev–Trinajstić information content (AvgIpc) is 2.50. The number of hydrogen-bond acceptors (Lipinski definition) is 5. The van der Waals surface area contributed by atoms with E-state index < -0.39 is 11.9 Å². The van der Waals surface area contributed by atoms with Gasteiger partial charge in [0.1, 0.15) is 17.2 Å². The van der Waals surface area contributed by atoms with E-state index in [0.717, 1.165) is 0 Å². The maximum atomic E-state index is 11.5. The van der Waals surface area contributed by atoms with Crippen LogP contribution in [0.3, 0.4) is 0 Å². The summed E-state index contributed by atoms with van der Waals surface area (Å²) in [5, 5.41) is 20.6. The summed E-state index contributed by atoms with van der Waals surface area (Å²) in [5.41, 5.74) is -0.235. The van der Waals surface area contributed by atoms with E-state index in [2.05, 4.69) is 5.32 Å². The third-order valence-corrected chi connectivity index (χ3v) is 2.68. The van der Waals surface area contributed by atoms with Crippen molar-refractivity contribution in [3.63, 3.8) is 0 Å². The number of amides is 1. The second kappa shape index (κ2) is 6.96. The molecule has 0 aliphatic carbocycles. The van der Waals surface area contributed by atoms with Crippen molar-refractivity contribution < 1.29 is 24.2 Å². The number of nitrogens with one attached hydrogen (secondary N) is 1. The molecule has 110 valence electrons. The molecule has 0 atom stereocenters. The number of hydrogen-bond donors (Lipinski definition) is 2. The van der Waals surface area contributed by atoms with Gasteiger partial charge in [-0.1, -0.05) is 6.07 Å². The van der Waals surface area contributed by atoms with E-state index in [0.29, 0.717) is 0 Å². The number of nitriles is 1. The molecule has 1 aromatic rings. The molecule has 0 radical (unpaired) electrons. The number of carbonyl (C=O) groups is 2. The predicted octanol–water partition coefficient (Wildman–Crippen LogP) is 1.05. The van der Waals surface area contributed by atoms with E-state index in [4.69, 9.17) is 14.7 Å². The first-order valence-corrected chi connectivity index (χ1v) is 5.82. The van der Waals surface area contributed by atoms with Gasteiger partial charge in [0.2, 0.25) is 0 Å². The van der Waals surface area contributed by atoms with Crippen molar-refractivity contribution in [1.29, 1.82) is 5.26 Å². The normalized spacial score (nSPS) is 10.5. The molecular weight excluding hydrogens is 276 g/mol. The first kappa shape index (κ1) is 16.0. The molecule has 0 aromatic heterocycles. The molecule has 1 aromatic carbocycles. The van der Waals surface area contributed by atoms with Crippen LogP contribution in [-0.4, -0.2) is 38.3 Å². The molecule has 0 unspecified atom stereocenters. The van der Waals surface area contributed by atoms with Crippen molar-refractivity contribution in [3.8, 4) is 17.6 Å². The molecule has 0 spiro atoms. The van der Waals surface area contributed by atoms with Crippen LogP contribution in [0.1, 0.15) is 15.9 Å². The standard InChI is InChI=1S/C14H14N2O5/c1-16-13(17)9(7-15)6-8-4-5-10(20-2)12(21-3)11(8)14(18)19/h4-6H,1-3H3,(H,16,17)(H,18,19)/b9-6-. The highest BCUT2D eigenvalue weighted by Crippen LogP contribution is 2.34. The highest BCUT2D eigenvalue weighted by Gasteiger charge is 2.21. The maximum Gasteiger partial charge on any atom is 0.340 e. The topological polar surface area (TPSA) is 109 Å². The van der Waals surface area contributed by atoms with E-state index in [9.17, 15) is 14.7 Å². The van der Waals surface area contributed by atoms with Gasteiger partial charge in [0.05, 0.1) is 14.2 Å². The minimum Gasteiger partial charge on any atom is -0.493 e. The Kier molecular flexibility index (Phi) is 5.31. The molecule has 0 heterocycles. The number of methoxy groups -OCH3 is 2. The Bertz CT molecular complexity index is 643. The van der Waals surface area contributed by atoms with Crippen LogP contribution in [0.5, 0.6) is 11.5 Å². The van der Waals surface area contributed by atoms with Crippen LogP contribution >= 0.6 is 0 Å². The lowest BCUT2D eigenvalue weighted by Crippen LogP contribution is -2.19. The fourth-order valence-corrected chi connectivity index (χ4v) is 1.72. The van der Waals surface area contributed by atoms with Crippen molar-refractivity contribution in [1.82, 2.24) is 5.32 Å². The van der Waals surface area contributed by atoms with Gasteiger partial charge in [-0.3, -0.25) is 4.79 Å². The second-order valence-electron chi connectivity index (χ2n) is 3.82. The Labute approximate surface area is 121 Å². The molecule has 0 saturated heterocycles. The highest BCUT2D eigenvalue weighted by atomic mass is 16.5. The van der Waals surface area contributed by atoms with Gasteiger partial charge in [0, 0.05) is 7.05 Å². The number of aromatic carboxylic acids is 1. The van der Waals surface area contributed by atoms with Crippen molar-refractivity contribution in [2.75, 3.05) is 21.3 Å². The molecule has 21 heavy (non-hydrogen) atoms.